The van der Waals surface area contributed by atoms with Crippen molar-refractivity contribution in [2.45, 2.75) is 13.0 Å². The second-order valence-corrected chi connectivity index (χ2v) is 4.23. The quantitative estimate of drug-likeness (QED) is 0.330. The molecular weight excluding hydrogens is 258 g/mol. The highest BCUT2D eigenvalue weighted by Gasteiger charge is 2.14. The lowest BCUT2D eigenvalue weighted by Gasteiger charge is -2.10. The third-order valence-electron chi connectivity index (χ3n) is 2.77. The minimum absolute atomic E-state index is 0.0613. The first kappa shape index (κ1) is 13.6. The van der Waals surface area contributed by atoms with Gasteiger partial charge in [0, 0.05) is 6.20 Å². The largest absolute Gasteiger partial charge is 0.409 e. The van der Waals surface area contributed by atoms with E-state index in [9.17, 15) is 4.79 Å². The lowest BCUT2D eigenvalue weighted by molar-refractivity contribution is 0.0948. The SMILES string of the molecule is CC(NC(=O)c1cnn(-c2ccccc2)c1)/C(N)=N/O. The first-order chi connectivity index (χ1) is 9.61. The highest BCUT2D eigenvalue weighted by Crippen LogP contribution is 2.07. The highest BCUT2D eigenvalue weighted by atomic mass is 16.4. The number of carbonyl (C=O) groups is 1. The van der Waals surface area contributed by atoms with Gasteiger partial charge in [-0.05, 0) is 19.1 Å². The summed E-state index contributed by atoms with van der Waals surface area (Å²) in [4.78, 5) is 12.0. The minimum atomic E-state index is -0.562. The molecule has 1 amide bonds. The molecule has 0 fully saturated rings. The van der Waals surface area contributed by atoms with Gasteiger partial charge in [0.25, 0.3) is 5.91 Å². The summed E-state index contributed by atoms with van der Waals surface area (Å²) in [7, 11) is 0. The average molecular weight is 273 g/mol. The van der Waals surface area contributed by atoms with Crippen LogP contribution in [0.25, 0.3) is 5.69 Å². The van der Waals surface area contributed by atoms with E-state index in [1.807, 2.05) is 30.3 Å². The van der Waals surface area contributed by atoms with E-state index in [1.54, 1.807) is 17.8 Å². The van der Waals surface area contributed by atoms with Crippen molar-refractivity contribution in [2.24, 2.45) is 10.9 Å². The van der Waals surface area contributed by atoms with Crippen molar-refractivity contribution in [3.05, 3.63) is 48.3 Å². The zero-order valence-electron chi connectivity index (χ0n) is 10.9. The molecule has 4 N–H and O–H groups in total. The Labute approximate surface area is 115 Å². The van der Waals surface area contributed by atoms with E-state index >= 15 is 0 Å². The number of amidine groups is 1. The van der Waals surface area contributed by atoms with E-state index < -0.39 is 6.04 Å². The highest BCUT2D eigenvalue weighted by molar-refractivity contribution is 5.97. The number of nitrogens with two attached hydrogens (primary N) is 1. The van der Waals surface area contributed by atoms with Gasteiger partial charge in [-0.2, -0.15) is 5.10 Å². The third kappa shape index (κ3) is 2.94. The van der Waals surface area contributed by atoms with Crippen molar-refractivity contribution in [1.82, 2.24) is 15.1 Å². The van der Waals surface area contributed by atoms with Gasteiger partial charge in [-0.15, -0.1) is 0 Å². The standard InChI is InChI=1S/C13H15N5O2/c1-9(12(14)17-20)16-13(19)10-7-15-18(8-10)11-5-3-2-4-6-11/h2-9,20H,1H3,(H2,14,17)(H,16,19). The van der Waals surface area contributed by atoms with E-state index in [2.05, 4.69) is 15.6 Å². The number of para-hydroxylation sites is 1. The van der Waals surface area contributed by atoms with Crippen LogP contribution in [-0.4, -0.2) is 32.8 Å². The summed E-state index contributed by atoms with van der Waals surface area (Å²) in [6.45, 7) is 1.62. The first-order valence-electron chi connectivity index (χ1n) is 6.00. The number of hydrogen-bond acceptors (Lipinski definition) is 4. The van der Waals surface area contributed by atoms with Crippen LogP contribution in [0.2, 0.25) is 0 Å². The van der Waals surface area contributed by atoms with Crippen molar-refractivity contribution in [2.75, 3.05) is 0 Å². The summed E-state index contributed by atoms with van der Waals surface area (Å²) in [6, 6.07) is 8.88. The van der Waals surface area contributed by atoms with E-state index in [1.165, 1.54) is 6.20 Å². The van der Waals surface area contributed by atoms with Crippen molar-refractivity contribution >= 4 is 11.7 Å². The molecule has 1 unspecified atom stereocenters. The molecule has 104 valence electrons. The summed E-state index contributed by atoms with van der Waals surface area (Å²) in [5.74, 6) is -0.403. The smallest absolute Gasteiger partial charge is 0.255 e. The molecule has 1 heterocycles. The molecule has 7 heteroatoms. The number of aromatic nitrogens is 2. The molecule has 20 heavy (non-hydrogen) atoms. The summed E-state index contributed by atoms with van der Waals surface area (Å²) in [5, 5.41) is 18.1. The Morgan fingerprint density at radius 3 is 2.80 bits per heavy atom. The summed E-state index contributed by atoms with van der Waals surface area (Å²) >= 11 is 0. The maximum absolute atomic E-state index is 12.0. The molecule has 0 aliphatic rings. The predicted molar refractivity (Wildman–Crippen MR) is 73.9 cm³/mol. The normalized spacial score (nSPS) is 12.9. The van der Waals surface area contributed by atoms with Crippen molar-refractivity contribution < 1.29 is 10.0 Å². The molecule has 0 aliphatic carbocycles. The zero-order chi connectivity index (χ0) is 14.5. The Hall–Kier alpha value is -2.83. The molecule has 2 aromatic rings. The lowest BCUT2D eigenvalue weighted by atomic mass is 10.2. The monoisotopic (exact) mass is 273 g/mol. The predicted octanol–water partition coefficient (Wildman–Crippen LogP) is 0.737. The van der Waals surface area contributed by atoms with Crippen LogP contribution in [0, 0.1) is 0 Å². The molecule has 1 atom stereocenters. The van der Waals surface area contributed by atoms with Gasteiger partial charge in [-0.1, -0.05) is 23.4 Å². The number of nitrogens with one attached hydrogen (secondary N) is 1. The van der Waals surface area contributed by atoms with Crippen LogP contribution >= 0.6 is 0 Å². The molecule has 1 aromatic heterocycles. The second-order valence-electron chi connectivity index (χ2n) is 4.23. The van der Waals surface area contributed by atoms with Gasteiger partial charge in [0.2, 0.25) is 0 Å². The fourth-order valence-electron chi connectivity index (χ4n) is 1.60. The van der Waals surface area contributed by atoms with Crippen LogP contribution in [0.3, 0.4) is 0 Å². The van der Waals surface area contributed by atoms with Gasteiger partial charge < -0.3 is 16.3 Å². The van der Waals surface area contributed by atoms with Crippen LogP contribution in [0.4, 0.5) is 0 Å². The topological polar surface area (TPSA) is 106 Å². The van der Waals surface area contributed by atoms with Crippen molar-refractivity contribution in [1.29, 1.82) is 0 Å². The van der Waals surface area contributed by atoms with Gasteiger partial charge in [0.1, 0.15) is 0 Å². The van der Waals surface area contributed by atoms with Crippen LogP contribution < -0.4 is 11.1 Å². The van der Waals surface area contributed by atoms with Crippen LogP contribution in [0.1, 0.15) is 17.3 Å². The molecule has 0 spiro atoms. The number of rotatable bonds is 4. The molecule has 0 aliphatic heterocycles. The van der Waals surface area contributed by atoms with Gasteiger partial charge in [-0.3, -0.25) is 4.79 Å². The Bertz CT molecular complexity index is 621. The van der Waals surface area contributed by atoms with E-state index in [-0.39, 0.29) is 11.7 Å². The lowest BCUT2D eigenvalue weighted by Crippen LogP contribution is -2.42. The number of hydrogen-bond donors (Lipinski definition) is 3. The summed E-state index contributed by atoms with van der Waals surface area (Å²) in [5.41, 5.74) is 6.66. The van der Waals surface area contributed by atoms with Crippen molar-refractivity contribution in [3.63, 3.8) is 0 Å². The van der Waals surface area contributed by atoms with Crippen LogP contribution in [-0.2, 0) is 0 Å². The van der Waals surface area contributed by atoms with Crippen molar-refractivity contribution in [3.8, 4) is 5.69 Å². The Morgan fingerprint density at radius 1 is 1.45 bits per heavy atom. The maximum Gasteiger partial charge on any atom is 0.255 e. The summed E-state index contributed by atoms with van der Waals surface area (Å²) in [6.07, 6.45) is 3.07. The maximum atomic E-state index is 12.0. The molecule has 7 nitrogen and oxygen atoms in total. The summed E-state index contributed by atoms with van der Waals surface area (Å²) < 4.78 is 1.60. The zero-order valence-corrected chi connectivity index (χ0v) is 10.9. The molecular formula is C13H15N5O2. The van der Waals surface area contributed by atoms with E-state index in [0.717, 1.165) is 5.69 Å². The number of nitrogens with zero attached hydrogens (tertiary/aromatic N) is 3. The Kier molecular flexibility index (Phi) is 3.99. The molecule has 0 bridgehead atoms. The number of oxime groups is 1. The van der Waals surface area contributed by atoms with Gasteiger partial charge in [0.15, 0.2) is 5.84 Å². The average Bonchev–Trinajstić information content (AvgIpc) is 2.97. The Balaban J connectivity index is 2.11. The van der Waals surface area contributed by atoms with E-state index in [4.69, 9.17) is 10.9 Å². The van der Waals surface area contributed by atoms with Crippen LogP contribution in [0.15, 0.2) is 47.9 Å². The second kappa shape index (κ2) is 5.87. The van der Waals surface area contributed by atoms with Gasteiger partial charge in [-0.25, -0.2) is 4.68 Å². The van der Waals surface area contributed by atoms with Gasteiger partial charge in [0.05, 0.1) is 23.5 Å². The first-order valence-corrected chi connectivity index (χ1v) is 6.00. The van der Waals surface area contributed by atoms with Crippen LogP contribution in [0.5, 0.6) is 0 Å². The Morgan fingerprint density at radius 2 is 2.15 bits per heavy atom. The van der Waals surface area contributed by atoms with Gasteiger partial charge >= 0.3 is 0 Å². The molecule has 2 rings (SSSR count). The molecule has 0 saturated heterocycles. The molecule has 1 aromatic carbocycles. The third-order valence-corrected chi connectivity index (χ3v) is 2.77. The fraction of sp³-hybridized carbons (Fsp3) is 0.154. The minimum Gasteiger partial charge on any atom is -0.409 e. The van der Waals surface area contributed by atoms with E-state index in [0.29, 0.717) is 5.56 Å². The molecule has 0 radical (unpaired) electrons. The fourth-order valence-corrected chi connectivity index (χ4v) is 1.60. The molecule has 0 saturated carbocycles. The number of amides is 1. The number of carbonyl (C=O) groups excluding carboxylic acids is 1. The number of benzene rings is 1.